The van der Waals surface area contributed by atoms with Gasteiger partial charge in [0.05, 0.1) is 37.8 Å². The average molecular weight is 737 g/mol. The molecular formula is C43H41Cl2N2O5+. The van der Waals surface area contributed by atoms with Crippen molar-refractivity contribution >= 4 is 67.9 Å². The van der Waals surface area contributed by atoms with Crippen molar-refractivity contribution < 1.29 is 24.5 Å². The Labute approximate surface area is 312 Å². The molecule has 2 atom stereocenters. The Kier molecular flexibility index (Phi) is 7.60. The van der Waals surface area contributed by atoms with E-state index in [1.54, 1.807) is 0 Å². The molecule has 52 heavy (non-hydrogen) atoms. The van der Waals surface area contributed by atoms with Crippen LogP contribution < -0.4 is 24.8 Å². The summed E-state index contributed by atoms with van der Waals surface area (Å²) in [5.74, 6) is -1.24. The highest BCUT2D eigenvalue weighted by Gasteiger charge is 2.45. The summed E-state index contributed by atoms with van der Waals surface area (Å²) in [7, 11) is 4.24. The number of carboxylic acids is 2. The smallest absolute Gasteiger partial charge is 0.337 e. The molecule has 5 aromatic rings. The van der Waals surface area contributed by atoms with Crippen LogP contribution in [0.5, 0.6) is 11.5 Å². The van der Waals surface area contributed by atoms with Gasteiger partial charge in [-0.05, 0) is 68.9 Å². The summed E-state index contributed by atoms with van der Waals surface area (Å²) in [6.45, 7) is 13.4. The Balaban J connectivity index is 1.75. The number of ether oxygens (including phenoxy) is 1. The van der Waals surface area contributed by atoms with E-state index in [1.807, 2.05) is 36.4 Å². The second-order valence-electron chi connectivity index (χ2n) is 16.0. The fourth-order valence-electron chi connectivity index (χ4n) is 9.46. The third-order valence-electron chi connectivity index (χ3n) is 12.1. The van der Waals surface area contributed by atoms with E-state index in [4.69, 9.17) is 27.9 Å². The van der Waals surface area contributed by atoms with Gasteiger partial charge in [0.1, 0.15) is 18.5 Å². The lowest BCUT2D eigenvalue weighted by Gasteiger charge is -2.47. The number of hydrogen-bond acceptors (Lipinski definition) is 4. The summed E-state index contributed by atoms with van der Waals surface area (Å²) >= 11 is 14.0. The standard InChI is InChI=1S/C43H40Cl2N2O5/c1-20-18-42(3,4)46(7)36-24-15-11-9-13-22(24)30-33(34-32(41(50)51)27(44)17-26(35(34)45)40(48)49)31-23-14-10-12-16-25(23)37-29(39(31)52-38(30)28(20)36)21(2)19-43(5,6)47(37)8/h9-17,20-21H,18-19H2,1-8H3,(H-,48,49,50,51)/p+1. The Morgan fingerprint density at radius 3 is 2.06 bits per heavy atom. The van der Waals surface area contributed by atoms with Crippen LogP contribution in [0.25, 0.3) is 27.1 Å². The average Bonchev–Trinajstić information content (AvgIpc) is 3.07. The molecule has 266 valence electrons. The van der Waals surface area contributed by atoms with E-state index in [-0.39, 0.29) is 49.6 Å². The van der Waals surface area contributed by atoms with Crippen molar-refractivity contribution in [1.82, 2.24) is 4.58 Å². The number of halogens is 2. The predicted molar refractivity (Wildman–Crippen MR) is 209 cm³/mol. The zero-order valence-electron chi connectivity index (χ0n) is 30.5. The highest BCUT2D eigenvalue weighted by atomic mass is 35.5. The number of carbonyl (C=O) groups is 2. The minimum Gasteiger partial charge on any atom is -0.478 e. The summed E-state index contributed by atoms with van der Waals surface area (Å²) in [6.07, 6.45) is 1.69. The van der Waals surface area contributed by atoms with Crippen LogP contribution in [0.3, 0.4) is 0 Å². The molecule has 3 aliphatic rings. The van der Waals surface area contributed by atoms with E-state index in [9.17, 15) is 19.8 Å². The number of aromatic carboxylic acids is 2. The van der Waals surface area contributed by atoms with Gasteiger partial charge in [0, 0.05) is 51.9 Å². The fourth-order valence-corrected chi connectivity index (χ4v) is 10.1. The van der Waals surface area contributed by atoms with Crippen LogP contribution in [0.1, 0.15) is 109 Å². The molecule has 0 spiro atoms. The summed E-state index contributed by atoms with van der Waals surface area (Å²) < 4.78 is 9.78. The van der Waals surface area contributed by atoms with Crippen molar-refractivity contribution in [1.29, 1.82) is 0 Å². The maximum absolute atomic E-state index is 13.3. The first kappa shape index (κ1) is 34.5. The molecule has 3 heterocycles. The molecule has 9 heteroatoms. The molecule has 7 nitrogen and oxygen atoms in total. The Morgan fingerprint density at radius 1 is 0.827 bits per heavy atom. The van der Waals surface area contributed by atoms with Gasteiger partial charge in [0.2, 0.25) is 5.36 Å². The Hall–Kier alpha value is -4.59. The van der Waals surface area contributed by atoms with Crippen LogP contribution in [0, 0.1) is 0 Å². The van der Waals surface area contributed by atoms with Crippen LogP contribution >= 0.6 is 23.2 Å². The van der Waals surface area contributed by atoms with Gasteiger partial charge in [-0.25, -0.2) is 14.2 Å². The number of fused-ring (bicyclic) bond motifs is 12. The van der Waals surface area contributed by atoms with Gasteiger partial charge in [-0.3, -0.25) is 0 Å². The molecule has 8 rings (SSSR count). The molecule has 0 amide bonds. The summed E-state index contributed by atoms with van der Waals surface area (Å²) in [4.78, 5) is 28.4. The van der Waals surface area contributed by atoms with Crippen molar-refractivity contribution in [2.45, 2.75) is 77.3 Å². The van der Waals surface area contributed by atoms with Crippen molar-refractivity contribution in [3.8, 4) is 11.5 Å². The molecule has 2 unspecified atom stereocenters. The molecule has 0 radical (unpaired) electrons. The lowest BCUT2D eigenvalue weighted by atomic mass is 9.74. The van der Waals surface area contributed by atoms with Crippen LogP contribution in [0.2, 0.25) is 10.0 Å². The molecule has 0 aliphatic carbocycles. The third-order valence-corrected chi connectivity index (χ3v) is 12.7. The second-order valence-corrected chi connectivity index (χ2v) is 16.8. The summed E-state index contributed by atoms with van der Waals surface area (Å²) in [6, 6.07) is 17.3. The minimum atomic E-state index is -1.31. The van der Waals surface area contributed by atoms with Crippen molar-refractivity contribution in [3.05, 3.63) is 109 Å². The molecule has 5 aromatic carbocycles. The Morgan fingerprint density at radius 2 is 1.42 bits per heavy atom. The van der Waals surface area contributed by atoms with Crippen molar-refractivity contribution in [2.24, 2.45) is 0 Å². The van der Waals surface area contributed by atoms with Gasteiger partial charge in [-0.2, -0.15) is 0 Å². The van der Waals surface area contributed by atoms with Crippen LogP contribution in [0.15, 0.2) is 54.6 Å². The fraction of sp³-hybridized carbons (Fsp3) is 0.326. The van der Waals surface area contributed by atoms with E-state index in [0.717, 1.165) is 62.6 Å². The largest absolute Gasteiger partial charge is 0.478 e. The predicted octanol–water partition coefficient (Wildman–Crippen LogP) is 9.18. The maximum atomic E-state index is 13.3. The van der Waals surface area contributed by atoms with Gasteiger partial charge >= 0.3 is 11.9 Å². The molecule has 0 bridgehead atoms. The lowest BCUT2D eigenvalue weighted by molar-refractivity contribution is 0.0681. The van der Waals surface area contributed by atoms with E-state index in [0.29, 0.717) is 27.9 Å². The normalized spacial score (nSPS) is 19.8. The summed E-state index contributed by atoms with van der Waals surface area (Å²) in [5, 5.41) is 26.2. The molecule has 0 fully saturated rings. The maximum Gasteiger partial charge on any atom is 0.337 e. The molecular weight excluding hydrogens is 695 g/mol. The van der Waals surface area contributed by atoms with Gasteiger partial charge in [-0.1, -0.05) is 79.5 Å². The van der Waals surface area contributed by atoms with Gasteiger partial charge in [0.15, 0.2) is 5.54 Å². The van der Waals surface area contributed by atoms with E-state index >= 15 is 0 Å². The number of rotatable bonds is 3. The number of hydrogen-bond donors (Lipinski definition) is 2. The Bertz CT molecular complexity index is 2610. The number of carboxylic acid groups (broad SMARTS) is 2. The van der Waals surface area contributed by atoms with Gasteiger partial charge in [0.25, 0.3) is 0 Å². The molecule has 0 aromatic heterocycles. The van der Waals surface area contributed by atoms with Crippen molar-refractivity contribution in [2.75, 3.05) is 19.0 Å². The first-order valence-electron chi connectivity index (χ1n) is 17.7. The van der Waals surface area contributed by atoms with Crippen molar-refractivity contribution in [3.63, 3.8) is 0 Å². The van der Waals surface area contributed by atoms with Gasteiger partial charge in [-0.15, -0.1) is 0 Å². The topological polar surface area (TPSA) is 90.1 Å². The molecule has 0 saturated carbocycles. The zero-order chi connectivity index (χ0) is 37.3. The second kappa shape index (κ2) is 11.5. The SMILES string of the molecule is CC1CC(C)(C)N(C)c2c1c1c(c3ccccc23)C(c2c(Cl)c(C(=O)O)cc(Cl)c2C(=O)O)=c2c(c3c(c4ccccc24)=[N+](C)C(C)(C)CC3C)O1. The highest BCUT2D eigenvalue weighted by Crippen LogP contribution is 2.57. The van der Waals surface area contributed by atoms with E-state index < -0.39 is 11.9 Å². The number of anilines is 1. The first-order chi connectivity index (χ1) is 24.5. The first-order valence-corrected chi connectivity index (χ1v) is 18.4. The molecule has 2 N–H and O–H groups in total. The summed E-state index contributed by atoms with van der Waals surface area (Å²) in [5.41, 5.74) is 3.48. The van der Waals surface area contributed by atoms with Gasteiger partial charge < -0.3 is 19.8 Å². The van der Waals surface area contributed by atoms with Crippen LogP contribution in [-0.4, -0.2) is 47.3 Å². The number of benzene rings is 5. The highest BCUT2D eigenvalue weighted by molar-refractivity contribution is 6.40. The van der Waals surface area contributed by atoms with E-state index in [1.165, 1.54) is 0 Å². The van der Waals surface area contributed by atoms with E-state index in [2.05, 4.69) is 77.2 Å². The number of nitrogens with zero attached hydrogens (tertiary/aromatic N) is 2. The van der Waals surface area contributed by atoms with Crippen LogP contribution in [-0.2, 0) is 0 Å². The third kappa shape index (κ3) is 4.61. The quantitative estimate of drug-likeness (QED) is 0.176. The molecule has 0 saturated heterocycles. The monoisotopic (exact) mass is 735 g/mol. The van der Waals surface area contributed by atoms with Crippen LogP contribution in [0.4, 0.5) is 5.69 Å². The lowest BCUT2D eigenvalue weighted by Crippen LogP contribution is -2.51. The molecule has 3 aliphatic heterocycles. The minimum absolute atomic E-state index is 0.0565. The zero-order valence-corrected chi connectivity index (χ0v) is 32.0.